The molecule has 0 fully saturated rings. The summed E-state index contributed by atoms with van der Waals surface area (Å²) >= 11 is 7.44. The predicted molar refractivity (Wildman–Crippen MR) is 136 cm³/mol. The molecule has 0 N–H and O–H groups in total. The number of ether oxygens (including phenoxy) is 1. The van der Waals surface area contributed by atoms with Crippen molar-refractivity contribution >= 4 is 34.9 Å². The van der Waals surface area contributed by atoms with Crippen molar-refractivity contribution in [2.24, 2.45) is 4.99 Å². The van der Waals surface area contributed by atoms with Crippen molar-refractivity contribution in [3.63, 3.8) is 0 Å². The normalized spacial score (nSPS) is 15.7. The highest BCUT2D eigenvalue weighted by atomic mass is 35.5. The first kappa shape index (κ1) is 24.0. The van der Waals surface area contributed by atoms with Gasteiger partial charge in [0, 0.05) is 23.7 Å². The smallest absolute Gasteiger partial charge is 0.271 e. The average molecular weight is 496 g/mol. The summed E-state index contributed by atoms with van der Waals surface area (Å²) in [5.74, 6) is 0.557. The molecule has 0 unspecified atom stereocenters. The number of amides is 1. The third kappa shape index (κ3) is 4.33. The van der Waals surface area contributed by atoms with Gasteiger partial charge in [-0.1, -0.05) is 53.3 Å². The Morgan fingerprint density at radius 3 is 2.50 bits per heavy atom. The number of para-hydroxylation sites is 1. The Balaban J connectivity index is 1.97. The summed E-state index contributed by atoms with van der Waals surface area (Å²) in [7, 11) is 1.60. The largest absolute Gasteiger partial charge is 0.496 e. The molecule has 0 saturated heterocycles. The number of carbonyl (C=O) groups is 1. The van der Waals surface area contributed by atoms with Gasteiger partial charge in [0.15, 0.2) is 4.80 Å². The molecule has 1 atom stereocenters. The van der Waals surface area contributed by atoms with Crippen LogP contribution in [0.2, 0.25) is 5.02 Å². The van der Waals surface area contributed by atoms with E-state index in [9.17, 15) is 9.59 Å². The number of rotatable bonds is 6. The molecule has 34 heavy (non-hydrogen) atoms. The maximum atomic E-state index is 13.7. The number of allylic oxidation sites excluding steroid dienone is 1. The highest BCUT2D eigenvalue weighted by molar-refractivity contribution is 7.07. The Morgan fingerprint density at radius 2 is 1.85 bits per heavy atom. The molecule has 1 aromatic heterocycles. The van der Waals surface area contributed by atoms with E-state index in [4.69, 9.17) is 21.3 Å². The molecule has 176 valence electrons. The number of carbonyl (C=O) groups excluding carboxylic acids is 1. The van der Waals surface area contributed by atoms with Crippen LogP contribution in [0.3, 0.4) is 0 Å². The predicted octanol–water partition coefficient (Wildman–Crippen LogP) is 3.77. The SMILES string of the molecule is CCN(CC)C(=O)C1=C(C)N=c2s/c(=C/c3ccccc3OC)c(=O)n2[C@@H]1c1ccc(Cl)cc1. The number of hydrogen-bond donors (Lipinski definition) is 0. The quantitative estimate of drug-likeness (QED) is 0.523. The molecule has 2 heterocycles. The number of hydrogen-bond acceptors (Lipinski definition) is 5. The fourth-order valence-electron chi connectivity index (χ4n) is 4.16. The number of aromatic nitrogens is 1. The Bertz CT molecular complexity index is 1430. The van der Waals surface area contributed by atoms with Crippen molar-refractivity contribution in [1.82, 2.24) is 9.47 Å². The molecular formula is C26H26ClN3O3S. The van der Waals surface area contributed by atoms with Crippen molar-refractivity contribution in [1.29, 1.82) is 0 Å². The van der Waals surface area contributed by atoms with E-state index >= 15 is 0 Å². The molecule has 0 bridgehead atoms. The van der Waals surface area contributed by atoms with Crippen LogP contribution in [0.1, 0.15) is 37.9 Å². The molecule has 0 aliphatic carbocycles. The van der Waals surface area contributed by atoms with Gasteiger partial charge < -0.3 is 9.64 Å². The van der Waals surface area contributed by atoms with Crippen molar-refractivity contribution in [2.75, 3.05) is 20.2 Å². The summed E-state index contributed by atoms with van der Waals surface area (Å²) in [6.45, 7) is 6.85. The molecule has 1 aliphatic rings. The first-order valence-electron chi connectivity index (χ1n) is 11.1. The van der Waals surface area contributed by atoms with Gasteiger partial charge in [0.2, 0.25) is 0 Å². The van der Waals surface area contributed by atoms with Crippen molar-refractivity contribution in [3.05, 3.63) is 95.6 Å². The lowest BCUT2D eigenvalue weighted by Crippen LogP contribution is -2.43. The van der Waals surface area contributed by atoms with E-state index in [0.717, 1.165) is 11.1 Å². The first-order valence-corrected chi connectivity index (χ1v) is 12.3. The highest BCUT2D eigenvalue weighted by Gasteiger charge is 2.34. The zero-order valence-electron chi connectivity index (χ0n) is 19.5. The summed E-state index contributed by atoms with van der Waals surface area (Å²) in [5, 5.41) is 0.588. The average Bonchev–Trinajstić information content (AvgIpc) is 3.14. The van der Waals surface area contributed by atoms with Gasteiger partial charge in [-0.25, -0.2) is 4.99 Å². The highest BCUT2D eigenvalue weighted by Crippen LogP contribution is 2.31. The van der Waals surface area contributed by atoms with Crippen LogP contribution in [-0.4, -0.2) is 35.6 Å². The Labute approximate surface area is 207 Å². The van der Waals surface area contributed by atoms with Gasteiger partial charge in [-0.15, -0.1) is 0 Å². The Morgan fingerprint density at radius 1 is 1.18 bits per heavy atom. The second-order valence-corrected chi connectivity index (χ2v) is 9.30. The van der Waals surface area contributed by atoms with Gasteiger partial charge in [0.05, 0.1) is 29.0 Å². The van der Waals surface area contributed by atoms with Crippen LogP contribution in [0.4, 0.5) is 0 Å². The van der Waals surface area contributed by atoms with Crippen molar-refractivity contribution < 1.29 is 9.53 Å². The fraction of sp³-hybridized carbons (Fsp3) is 0.269. The van der Waals surface area contributed by atoms with E-state index in [2.05, 4.69) is 0 Å². The number of halogens is 1. The second kappa shape index (κ2) is 9.99. The summed E-state index contributed by atoms with van der Waals surface area (Å²) in [4.78, 5) is 34.3. The molecule has 1 aliphatic heterocycles. The molecule has 4 rings (SSSR count). The van der Waals surface area contributed by atoms with E-state index < -0.39 is 6.04 Å². The van der Waals surface area contributed by atoms with Crippen molar-refractivity contribution in [2.45, 2.75) is 26.8 Å². The third-order valence-corrected chi connectivity index (χ3v) is 7.15. The second-order valence-electron chi connectivity index (χ2n) is 7.85. The monoisotopic (exact) mass is 495 g/mol. The lowest BCUT2D eigenvalue weighted by atomic mass is 9.94. The maximum absolute atomic E-state index is 13.7. The lowest BCUT2D eigenvalue weighted by Gasteiger charge is -2.29. The molecule has 3 aromatic rings. The van der Waals surface area contributed by atoms with E-state index in [1.807, 2.05) is 63.2 Å². The van der Waals surface area contributed by atoms with Crippen molar-refractivity contribution in [3.8, 4) is 5.75 Å². The molecule has 1 amide bonds. The Hall–Kier alpha value is -3.16. The zero-order chi connectivity index (χ0) is 24.4. The standard InChI is InChI=1S/C26H26ClN3O3S/c1-5-29(6-2)25(32)22-16(3)28-26-30(23(22)17-11-13-19(27)14-12-17)24(31)21(34-26)15-18-9-7-8-10-20(18)33-4/h7-15,23H,5-6H2,1-4H3/b21-15+/t23-/m1/s1. The van der Waals surface area contributed by atoms with Gasteiger partial charge in [-0.05, 0) is 50.6 Å². The molecular weight excluding hydrogens is 470 g/mol. The van der Waals surface area contributed by atoms with Gasteiger partial charge in [0.1, 0.15) is 5.75 Å². The zero-order valence-corrected chi connectivity index (χ0v) is 21.1. The molecule has 0 radical (unpaired) electrons. The third-order valence-electron chi connectivity index (χ3n) is 5.91. The van der Waals surface area contributed by atoms with Crippen LogP contribution in [0.15, 0.2) is 69.6 Å². The molecule has 0 spiro atoms. The van der Waals surface area contributed by atoms with Gasteiger partial charge in [-0.3, -0.25) is 14.2 Å². The van der Waals surface area contributed by atoms with Crippen LogP contribution in [0.25, 0.3) is 6.08 Å². The van der Waals surface area contributed by atoms with Gasteiger partial charge in [-0.2, -0.15) is 0 Å². The minimum absolute atomic E-state index is 0.120. The van der Waals surface area contributed by atoms with E-state index in [1.54, 1.807) is 28.7 Å². The van der Waals surface area contributed by atoms with Gasteiger partial charge >= 0.3 is 0 Å². The van der Waals surface area contributed by atoms with E-state index in [1.165, 1.54) is 11.3 Å². The van der Waals surface area contributed by atoms with Crippen LogP contribution < -0.4 is 19.6 Å². The number of benzene rings is 2. The Kier molecular flexibility index (Phi) is 7.05. The maximum Gasteiger partial charge on any atom is 0.271 e. The molecule has 6 nitrogen and oxygen atoms in total. The van der Waals surface area contributed by atoms with E-state index in [-0.39, 0.29) is 11.5 Å². The minimum Gasteiger partial charge on any atom is -0.496 e. The number of fused-ring (bicyclic) bond motifs is 1. The van der Waals surface area contributed by atoms with Crippen LogP contribution in [0.5, 0.6) is 5.75 Å². The van der Waals surface area contributed by atoms with E-state index in [0.29, 0.717) is 44.5 Å². The number of nitrogens with zero attached hydrogens (tertiary/aromatic N) is 3. The van der Waals surface area contributed by atoms with Crippen LogP contribution in [0, 0.1) is 0 Å². The lowest BCUT2D eigenvalue weighted by molar-refractivity contribution is -0.127. The summed E-state index contributed by atoms with van der Waals surface area (Å²) < 4.78 is 7.59. The summed E-state index contributed by atoms with van der Waals surface area (Å²) in [6.07, 6.45) is 1.81. The molecule has 0 saturated carbocycles. The topological polar surface area (TPSA) is 63.9 Å². The first-order chi connectivity index (χ1) is 16.4. The number of methoxy groups -OCH3 is 1. The van der Waals surface area contributed by atoms with Crippen LogP contribution in [-0.2, 0) is 4.79 Å². The summed E-state index contributed by atoms with van der Waals surface area (Å²) in [5.41, 5.74) is 2.52. The van der Waals surface area contributed by atoms with Crippen LogP contribution >= 0.6 is 22.9 Å². The molecule has 2 aromatic carbocycles. The van der Waals surface area contributed by atoms with Gasteiger partial charge in [0.25, 0.3) is 11.5 Å². The number of thiazole rings is 1. The number of likely N-dealkylation sites (N-methyl/N-ethyl adjacent to an activating group) is 1. The molecule has 8 heteroatoms. The minimum atomic E-state index is -0.596. The fourth-order valence-corrected chi connectivity index (χ4v) is 5.33. The summed E-state index contributed by atoms with van der Waals surface area (Å²) in [6, 6.07) is 14.2.